The molecule has 1 atom stereocenters. The van der Waals surface area contributed by atoms with Crippen LogP contribution in [0.5, 0.6) is 0 Å². The molecule has 29 heavy (non-hydrogen) atoms. The zero-order valence-electron chi connectivity index (χ0n) is 17.7. The van der Waals surface area contributed by atoms with E-state index >= 15 is 0 Å². The van der Waals surface area contributed by atoms with E-state index in [4.69, 9.17) is 0 Å². The summed E-state index contributed by atoms with van der Waals surface area (Å²) in [6.07, 6.45) is 9.92. The van der Waals surface area contributed by atoms with Gasteiger partial charge in [-0.15, -0.1) is 0 Å². The van der Waals surface area contributed by atoms with Crippen LogP contribution in [0.4, 0.5) is 4.79 Å². The van der Waals surface area contributed by atoms with Crippen molar-refractivity contribution in [2.75, 3.05) is 45.8 Å². The number of hydrogen-bond acceptors (Lipinski definition) is 3. The van der Waals surface area contributed by atoms with E-state index in [9.17, 15) is 4.79 Å². The summed E-state index contributed by atoms with van der Waals surface area (Å²) in [5.74, 6) is 0. The molecule has 5 heteroatoms. The van der Waals surface area contributed by atoms with Gasteiger partial charge in [0.25, 0.3) is 0 Å². The first kappa shape index (κ1) is 19.4. The average Bonchev–Trinajstić information content (AvgIpc) is 3.53. The van der Waals surface area contributed by atoms with Gasteiger partial charge >= 0.3 is 6.03 Å². The van der Waals surface area contributed by atoms with Gasteiger partial charge in [0.15, 0.2) is 0 Å². The second-order valence-electron chi connectivity index (χ2n) is 9.74. The number of rotatable bonds is 4. The molecule has 158 valence electrons. The van der Waals surface area contributed by atoms with Crippen LogP contribution >= 0.6 is 0 Å². The number of nitrogens with zero attached hydrogens (tertiary/aromatic N) is 3. The number of amides is 2. The summed E-state index contributed by atoms with van der Waals surface area (Å²) in [5, 5.41) is 3.42. The minimum absolute atomic E-state index is 0.0681. The molecule has 2 aliphatic heterocycles. The smallest absolute Gasteiger partial charge is 0.317 e. The fourth-order valence-corrected chi connectivity index (χ4v) is 5.61. The van der Waals surface area contributed by atoms with Gasteiger partial charge in [-0.25, -0.2) is 4.79 Å². The average molecular weight is 397 g/mol. The maximum Gasteiger partial charge on any atom is 0.317 e. The number of aryl methyl sites for hydroxylation is 1. The maximum absolute atomic E-state index is 12.9. The molecular weight excluding hydrogens is 360 g/mol. The number of nitrogens with one attached hydrogen (secondary N) is 1. The van der Waals surface area contributed by atoms with Crippen molar-refractivity contribution in [3.05, 3.63) is 35.4 Å². The summed E-state index contributed by atoms with van der Waals surface area (Å²) in [6.45, 7) is 7.23. The molecule has 1 saturated carbocycles. The summed E-state index contributed by atoms with van der Waals surface area (Å²) in [7, 11) is 0. The van der Waals surface area contributed by atoms with Gasteiger partial charge in [-0.05, 0) is 69.2 Å². The lowest BCUT2D eigenvalue weighted by Gasteiger charge is -2.41. The molecular formula is C24H36N4O. The molecule has 2 aliphatic carbocycles. The first-order valence-electron chi connectivity index (χ1n) is 11.8. The lowest BCUT2D eigenvalue weighted by Crippen LogP contribution is -2.57. The monoisotopic (exact) mass is 396 g/mol. The maximum atomic E-state index is 12.9. The number of carbonyl (C=O) groups is 1. The summed E-state index contributed by atoms with van der Waals surface area (Å²) < 4.78 is 0. The van der Waals surface area contributed by atoms with Crippen LogP contribution in [-0.2, 0) is 12.8 Å². The quantitative estimate of drug-likeness (QED) is 0.851. The largest absolute Gasteiger partial charge is 0.331 e. The van der Waals surface area contributed by atoms with Gasteiger partial charge in [0.05, 0.1) is 5.54 Å². The van der Waals surface area contributed by atoms with Gasteiger partial charge in [-0.2, -0.15) is 0 Å². The molecule has 0 spiro atoms. The van der Waals surface area contributed by atoms with Crippen LogP contribution < -0.4 is 5.32 Å². The van der Waals surface area contributed by atoms with Crippen LogP contribution in [0.3, 0.4) is 0 Å². The highest BCUT2D eigenvalue weighted by Gasteiger charge is 2.46. The van der Waals surface area contributed by atoms with Crippen LogP contribution in [0.15, 0.2) is 24.3 Å². The van der Waals surface area contributed by atoms with Gasteiger partial charge < -0.3 is 15.1 Å². The lowest BCUT2D eigenvalue weighted by atomic mass is 9.87. The molecule has 0 radical (unpaired) electrons. The molecule has 2 amide bonds. The second kappa shape index (κ2) is 8.27. The number of hydrogen-bond donors (Lipinski definition) is 1. The van der Waals surface area contributed by atoms with E-state index in [-0.39, 0.29) is 11.6 Å². The highest BCUT2D eigenvalue weighted by atomic mass is 16.2. The van der Waals surface area contributed by atoms with Crippen molar-refractivity contribution in [3.63, 3.8) is 0 Å². The van der Waals surface area contributed by atoms with E-state index in [1.54, 1.807) is 0 Å². The van der Waals surface area contributed by atoms with E-state index in [1.807, 2.05) is 0 Å². The fourth-order valence-electron chi connectivity index (χ4n) is 5.61. The Morgan fingerprint density at radius 2 is 1.69 bits per heavy atom. The summed E-state index contributed by atoms with van der Waals surface area (Å²) >= 11 is 0. The SMILES string of the molecule is O=C(NC1(CN2CCCCC2)CC1)N1CCN([C@H]2CCc3ccccc3C2)CC1. The highest BCUT2D eigenvalue weighted by molar-refractivity contribution is 5.75. The van der Waals surface area contributed by atoms with E-state index in [0.717, 1.165) is 45.6 Å². The molecule has 0 aromatic heterocycles. The molecule has 5 nitrogen and oxygen atoms in total. The van der Waals surface area contributed by atoms with Gasteiger partial charge in [0.2, 0.25) is 0 Å². The molecule has 0 unspecified atom stereocenters. The molecule has 3 fully saturated rings. The number of benzene rings is 1. The Morgan fingerprint density at radius 1 is 0.966 bits per heavy atom. The van der Waals surface area contributed by atoms with Crippen molar-refractivity contribution in [2.24, 2.45) is 0 Å². The van der Waals surface area contributed by atoms with Crippen molar-refractivity contribution in [3.8, 4) is 0 Å². The second-order valence-corrected chi connectivity index (χ2v) is 9.74. The standard InChI is InChI=1S/C24H36N4O/c29-23(25-24(10-11-24)19-26-12-4-1-5-13-26)28-16-14-27(15-17-28)22-9-8-20-6-2-3-7-21(20)18-22/h2-3,6-7,22H,1,4-5,8-19H2,(H,25,29)/t22-/m0/s1. The molecule has 1 aromatic rings. The fraction of sp³-hybridized carbons (Fsp3) is 0.708. The van der Waals surface area contributed by atoms with Crippen molar-refractivity contribution < 1.29 is 4.79 Å². The third kappa shape index (κ3) is 4.46. The predicted octanol–water partition coefficient (Wildman–Crippen LogP) is 2.89. The lowest BCUT2D eigenvalue weighted by molar-refractivity contribution is 0.0983. The van der Waals surface area contributed by atoms with E-state index < -0.39 is 0 Å². The van der Waals surface area contributed by atoms with Gasteiger partial charge in [-0.3, -0.25) is 4.90 Å². The van der Waals surface area contributed by atoms with Crippen molar-refractivity contribution in [2.45, 2.75) is 62.9 Å². The molecule has 1 aromatic carbocycles. The summed E-state index contributed by atoms with van der Waals surface area (Å²) in [4.78, 5) is 20.2. The number of carbonyl (C=O) groups excluding carboxylic acids is 1. The number of likely N-dealkylation sites (tertiary alicyclic amines) is 1. The summed E-state index contributed by atoms with van der Waals surface area (Å²) in [5.41, 5.74) is 3.13. The molecule has 4 aliphatic rings. The van der Waals surface area contributed by atoms with E-state index in [2.05, 4.69) is 44.3 Å². The first-order chi connectivity index (χ1) is 14.2. The Kier molecular flexibility index (Phi) is 5.53. The Balaban J connectivity index is 1.10. The third-order valence-electron chi connectivity index (χ3n) is 7.64. The Hall–Kier alpha value is -1.59. The number of urea groups is 1. The molecule has 5 rings (SSSR count). The van der Waals surface area contributed by atoms with E-state index in [0.29, 0.717) is 6.04 Å². The third-order valence-corrected chi connectivity index (χ3v) is 7.64. The highest BCUT2D eigenvalue weighted by Crippen LogP contribution is 2.37. The van der Waals surface area contributed by atoms with Gasteiger partial charge in [-0.1, -0.05) is 30.7 Å². The Morgan fingerprint density at radius 3 is 2.41 bits per heavy atom. The Labute approximate surface area is 175 Å². The Bertz CT molecular complexity index is 717. The van der Waals surface area contributed by atoms with Crippen molar-refractivity contribution in [1.29, 1.82) is 0 Å². The summed E-state index contributed by atoms with van der Waals surface area (Å²) in [6, 6.07) is 9.72. The van der Waals surface area contributed by atoms with Gasteiger partial charge in [0.1, 0.15) is 0 Å². The minimum atomic E-state index is 0.0681. The number of piperidine rings is 1. The zero-order chi connectivity index (χ0) is 19.7. The van der Waals surface area contributed by atoms with Crippen LogP contribution in [0.1, 0.15) is 49.7 Å². The number of fused-ring (bicyclic) bond motifs is 1. The first-order valence-corrected chi connectivity index (χ1v) is 11.8. The zero-order valence-corrected chi connectivity index (χ0v) is 17.7. The van der Waals surface area contributed by atoms with Crippen LogP contribution in [-0.4, -0.2) is 78.1 Å². The minimum Gasteiger partial charge on any atom is -0.331 e. The predicted molar refractivity (Wildman–Crippen MR) is 116 cm³/mol. The normalized spacial score (nSPS) is 27.3. The molecule has 2 saturated heterocycles. The van der Waals surface area contributed by atoms with Crippen LogP contribution in [0.25, 0.3) is 0 Å². The number of piperazine rings is 1. The molecule has 0 bridgehead atoms. The molecule has 1 N–H and O–H groups in total. The topological polar surface area (TPSA) is 38.8 Å². The van der Waals surface area contributed by atoms with Crippen molar-refractivity contribution in [1.82, 2.24) is 20.0 Å². The van der Waals surface area contributed by atoms with Gasteiger partial charge in [0, 0.05) is 38.8 Å². The molecule has 2 heterocycles. The van der Waals surface area contributed by atoms with Crippen LogP contribution in [0.2, 0.25) is 0 Å². The van der Waals surface area contributed by atoms with Crippen molar-refractivity contribution >= 4 is 6.03 Å². The van der Waals surface area contributed by atoms with E-state index in [1.165, 1.54) is 62.7 Å². The van der Waals surface area contributed by atoms with Crippen LogP contribution in [0, 0.1) is 0 Å².